The Labute approximate surface area is 104 Å². The Balaban J connectivity index is 2.64. The van der Waals surface area contributed by atoms with Gasteiger partial charge in [-0.15, -0.1) is 0 Å². The molecule has 0 amide bonds. The number of aldehydes is 1. The van der Waals surface area contributed by atoms with Gasteiger partial charge in [-0.1, -0.05) is 0 Å². The summed E-state index contributed by atoms with van der Waals surface area (Å²) in [7, 11) is -3.54. The van der Waals surface area contributed by atoms with Crippen LogP contribution in [0.3, 0.4) is 0 Å². The molecule has 0 spiro atoms. The SMILES string of the molecule is CS(=O)(=O)c1nc(-c2cccnc2)ccc1C=O. The zero-order valence-electron chi connectivity index (χ0n) is 9.57. The van der Waals surface area contributed by atoms with Crippen LogP contribution in [0.1, 0.15) is 10.4 Å². The molecule has 0 atom stereocenters. The Morgan fingerprint density at radius 1 is 1.22 bits per heavy atom. The van der Waals surface area contributed by atoms with Crippen LogP contribution < -0.4 is 0 Å². The molecule has 0 fully saturated rings. The second-order valence-corrected chi connectivity index (χ2v) is 5.65. The van der Waals surface area contributed by atoms with Crippen LogP contribution in [0.25, 0.3) is 11.3 Å². The maximum atomic E-state index is 11.6. The maximum Gasteiger partial charge on any atom is 0.193 e. The molecule has 0 aromatic carbocycles. The summed E-state index contributed by atoms with van der Waals surface area (Å²) < 4.78 is 23.1. The molecule has 0 bridgehead atoms. The van der Waals surface area contributed by atoms with Gasteiger partial charge in [0.05, 0.1) is 11.3 Å². The predicted molar refractivity (Wildman–Crippen MR) is 66.0 cm³/mol. The van der Waals surface area contributed by atoms with E-state index in [2.05, 4.69) is 9.97 Å². The van der Waals surface area contributed by atoms with Crippen LogP contribution in [-0.2, 0) is 9.84 Å². The van der Waals surface area contributed by atoms with Crippen molar-refractivity contribution >= 4 is 16.1 Å². The van der Waals surface area contributed by atoms with Gasteiger partial charge in [-0.25, -0.2) is 13.4 Å². The Bertz CT molecular complexity index is 682. The zero-order valence-corrected chi connectivity index (χ0v) is 10.4. The van der Waals surface area contributed by atoms with Crippen molar-refractivity contribution in [3.05, 3.63) is 42.2 Å². The lowest BCUT2D eigenvalue weighted by Crippen LogP contribution is -2.06. The first-order valence-corrected chi connectivity index (χ1v) is 6.98. The first-order valence-electron chi connectivity index (χ1n) is 5.09. The van der Waals surface area contributed by atoms with Crippen molar-refractivity contribution in [2.75, 3.05) is 6.26 Å². The van der Waals surface area contributed by atoms with Crippen molar-refractivity contribution in [2.24, 2.45) is 0 Å². The minimum atomic E-state index is -3.54. The first-order chi connectivity index (χ1) is 8.52. The average Bonchev–Trinajstić information content (AvgIpc) is 2.38. The molecule has 18 heavy (non-hydrogen) atoms. The first kappa shape index (κ1) is 12.4. The summed E-state index contributed by atoms with van der Waals surface area (Å²) in [5, 5.41) is -0.209. The van der Waals surface area contributed by atoms with Crippen LogP contribution in [0.2, 0.25) is 0 Å². The van der Waals surface area contributed by atoms with Crippen molar-refractivity contribution in [3.8, 4) is 11.3 Å². The number of aromatic nitrogens is 2. The lowest BCUT2D eigenvalue weighted by Gasteiger charge is -2.05. The third-order valence-corrected chi connectivity index (χ3v) is 3.35. The number of pyridine rings is 2. The number of nitrogens with zero attached hydrogens (tertiary/aromatic N) is 2. The van der Waals surface area contributed by atoms with Crippen LogP contribution in [0, 0.1) is 0 Å². The molecular weight excluding hydrogens is 252 g/mol. The molecule has 0 aliphatic carbocycles. The molecule has 2 aromatic heterocycles. The lowest BCUT2D eigenvalue weighted by atomic mass is 10.2. The molecule has 5 nitrogen and oxygen atoms in total. The van der Waals surface area contributed by atoms with E-state index in [-0.39, 0.29) is 10.6 Å². The molecule has 92 valence electrons. The lowest BCUT2D eigenvalue weighted by molar-refractivity contribution is 0.112. The quantitative estimate of drug-likeness (QED) is 0.780. The molecular formula is C12H10N2O3S. The monoisotopic (exact) mass is 262 g/mol. The van der Waals surface area contributed by atoms with Gasteiger partial charge in [0.1, 0.15) is 0 Å². The van der Waals surface area contributed by atoms with Gasteiger partial charge in [-0.05, 0) is 24.3 Å². The minimum absolute atomic E-state index is 0.0603. The van der Waals surface area contributed by atoms with Gasteiger partial charge in [-0.2, -0.15) is 0 Å². The molecule has 0 saturated heterocycles. The third-order valence-electron chi connectivity index (χ3n) is 2.33. The van der Waals surface area contributed by atoms with Gasteiger partial charge in [0.15, 0.2) is 21.1 Å². The highest BCUT2D eigenvalue weighted by Crippen LogP contribution is 2.20. The van der Waals surface area contributed by atoms with E-state index < -0.39 is 9.84 Å². The molecule has 2 rings (SSSR count). The van der Waals surface area contributed by atoms with Crippen LogP contribution in [-0.4, -0.2) is 30.9 Å². The number of hydrogen-bond acceptors (Lipinski definition) is 5. The van der Waals surface area contributed by atoms with Gasteiger partial charge < -0.3 is 0 Å². The van der Waals surface area contributed by atoms with Crippen LogP contribution in [0.4, 0.5) is 0 Å². The second-order valence-electron chi connectivity index (χ2n) is 3.72. The van der Waals surface area contributed by atoms with Gasteiger partial charge in [0, 0.05) is 24.2 Å². The number of hydrogen-bond donors (Lipinski definition) is 0. The largest absolute Gasteiger partial charge is 0.298 e. The van der Waals surface area contributed by atoms with E-state index in [4.69, 9.17) is 0 Å². The minimum Gasteiger partial charge on any atom is -0.298 e. The molecule has 0 aliphatic heterocycles. The molecule has 0 unspecified atom stereocenters. The summed E-state index contributed by atoms with van der Waals surface area (Å²) in [4.78, 5) is 18.8. The van der Waals surface area contributed by atoms with E-state index in [1.807, 2.05) is 0 Å². The topological polar surface area (TPSA) is 77.0 Å². The van der Waals surface area contributed by atoms with E-state index in [9.17, 15) is 13.2 Å². The highest BCUT2D eigenvalue weighted by atomic mass is 32.2. The average molecular weight is 262 g/mol. The van der Waals surface area contributed by atoms with Crippen molar-refractivity contribution in [1.29, 1.82) is 0 Å². The van der Waals surface area contributed by atoms with E-state index in [0.29, 0.717) is 17.5 Å². The normalized spacial score (nSPS) is 11.2. The van der Waals surface area contributed by atoms with Crippen LogP contribution in [0.5, 0.6) is 0 Å². The summed E-state index contributed by atoms with van der Waals surface area (Å²) in [6.07, 6.45) is 4.70. The smallest absolute Gasteiger partial charge is 0.193 e. The fourth-order valence-corrected chi connectivity index (χ4v) is 2.32. The molecule has 0 N–H and O–H groups in total. The highest BCUT2D eigenvalue weighted by molar-refractivity contribution is 7.90. The Kier molecular flexibility index (Phi) is 3.20. The van der Waals surface area contributed by atoms with Crippen molar-refractivity contribution < 1.29 is 13.2 Å². The van der Waals surface area contributed by atoms with Gasteiger partial charge >= 0.3 is 0 Å². The van der Waals surface area contributed by atoms with Crippen LogP contribution >= 0.6 is 0 Å². The molecule has 2 aromatic rings. The summed E-state index contributed by atoms with van der Waals surface area (Å²) in [6, 6.07) is 6.53. The van der Waals surface area contributed by atoms with Gasteiger partial charge in [-0.3, -0.25) is 9.78 Å². The summed E-state index contributed by atoms with van der Waals surface area (Å²) in [6.45, 7) is 0. The Morgan fingerprint density at radius 3 is 2.56 bits per heavy atom. The molecule has 6 heteroatoms. The van der Waals surface area contributed by atoms with Crippen molar-refractivity contribution in [3.63, 3.8) is 0 Å². The molecule has 0 saturated carbocycles. The van der Waals surface area contributed by atoms with Gasteiger partial charge in [0.25, 0.3) is 0 Å². The number of sulfone groups is 1. The zero-order chi connectivity index (χ0) is 13.2. The maximum absolute atomic E-state index is 11.6. The van der Waals surface area contributed by atoms with Crippen LogP contribution in [0.15, 0.2) is 41.7 Å². The predicted octanol–water partition coefficient (Wildman–Crippen LogP) is 1.36. The molecule has 0 radical (unpaired) electrons. The third kappa shape index (κ3) is 2.43. The fourth-order valence-electron chi connectivity index (χ4n) is 1.51. The summed E-state index contributed by atoms with van der Waals surface area (Å²) in [5.74, 6) is 0. The fraction of sp³-hybridized carbons (Fsp3) is 0.0833. The summed E-state index contributed by atoms with van der Waals surface area (Å²) in [5.41, 5.74) is 1.22. The number of rotatable bonds is 3. The highest BCUT2D eigenvalue weighted by Gasteiger charge is 2.16. The van der Waals surface area contributed by atoms with Crippen molar-refractivity contribution in [2.45, 2.75) is 5.03 Å². The second kappa shape index (κ2) is 4.66. The molecule has 2 heterocycles. The van der Waals surface area contributed by atoms with E-state index >= 15 is 0 Å². The van der Waals surface area contributed by atoms with E-state index in [1.54, 1.807) is 30.6 Å². The van der Waals surface area contributed by atoms with Crippen molar-refractivity contribution in [1.82, 2.24) is 9.97 Å². The van der Waals surface area contributed by atoms with E-state index in [1.165, 1.54) is 6.07 Å². The Morgan fingerprint density at radius 2 is 2.00 bits per heavy atom. The number of carbonyl (C=O) groups excluding carboxylic acids is 1. The Hall–Kier alpha value is -2.08. The number of carbonyl (C=O) groups is 1. The van der Waals surface area contributed by atoms with E-state index in [0.717, 1.165) is 6.26 Å². The summed E-state index contributed by atoms with van der Waals surface area (Å²) >= 11 is 0. The molecule has 0 aliphatic rings. The van der Waals surface area contributed by atoms with Gasteiger partial charge in [0.2, 0.25) is 0 Å². The standard InChI is InChI=1S/C12H10N2O3S/c1-18(16,17)12-10(8-15)4-5-11(14-12)9-3-2-6-13-7-9/h2-8H,1H3.